The average Bonchev–Trinajstić information content (AvgIpc) is 2.97. The quantitative estimate of drug-likeness (QED) is 0.811. The Hall–Kier alpha value is -1.57. The van der Waals surface area contributed by atoms with Gasteiger partial charge in [0, 0.05) is 39.8 Å². The molecule has 2 rings (SSSR count). The fraction of sp³-hybridized carbons (Fsp3) is 0.706. The van der Waals surface area contributed by atoms with E-state index in [9.17, 15) is 4.79 Å². The fourth-order valence-corrected chi connectivity index (χ4v) is 2.93. The van der Waals surface area contributed by atoms with Crippen molar-refractivity contribution < 1.29 is 13.9 Å². The minimum absolute atomic E-state index is 0.00185. The van der Waals surface area contributed by atoms with Gasteiger partial charge in [0.15, 0.2) is 0 Å². The van der Waals surface area contributed by atoms with E-state index in [0.29, 0.717) is 6.54 Å². The van der Waals surface area contributed by atoms with Crippen molar-refractivity contribution in [3.8, 4) is 0 Å². The van der Waals surface area contributed by atoms with Crippen molar-refractivity contribution in [2.45, 2.75) is 12.5 Å². The van der Waals surface area contributed by atoms with Crippen LogP contribution in [0.3, 0.4) is 0 Å². The molecule has 1 fully saturated rings. The molecule has 1 aromatic heterocycles. The molecule has 1 aliphatic rings. The van der Waals surface area contributed by atoms with Crippen molar-refractivity contribution in [2.75, 3.05) is 67.1 Å². The average molecular weight is 338 g/mol. The summed E-state index contributed by atoms with van der Waals surface area (Å²) in [5.41, 5.74) is 0. The van der Waals surface area contributed by atoms with Crippen LogP contribution >= 0.6 is 0 Å². The Balaban J connectivity index is 1.81. The van der Waals surface area contributed by atoms with Crippen LogP contribution in [0.15, 0.2) is 22.8 Å². The van der Waals surface area contributed by atoms with Crippen LogP contribution in [0.25, 0.3) is 0 Å². The number of carbonyl (C=O) groups is 1. The molecule has 1 aromatic rings. The highest BCUT2D eigenvalue weighted by molar-refractivity contribution is 5.74. The largest absolute Gasteiger partial charge is 0.468 e. The Kier molecular flexibility index (Phi) is 7.55. The third-order valence-electron chi connectivity index (χ3n) is 4.43. The number of methoxy groups -OCH3 is 1. The van der Waals surface area contributed by atoms with Gasteiger partial charge in [-0.1, -0.05) is 0 Å². The van der Waals surface area contributed by atoms with Gasteiger partial charge >= 0.3 is 6.03 Å². The zero-order chi connectivity index (χ0) is 17.4. The fourth-order valence-electron chi connectivity index (χ4n) is 2.93. The number of ether oxygens (including phenoxy) is 1. The van der Waals surface area contributed by atoms with E-state index in [1.54, 1.807) is 13.4 Å². The van der Waals surface area contributed by atoms with E-state index in [0.717, 1.165) is 51.5 Å². The molecule has 136 valence electrons. The third kappa shape index (κ3) is 5.51. The first-order valence-electron chi connectivity index (χ1n) is 8.55. The van der Waals surface area contributed by atoms with Gasteiger partial charge in [-0.05, 0) is 39.2 Å². The van der Waals surface area contributed by atoms with Gasteiger partial charge in [0.05, 0.1) is 18.9 Å². The molecule has 0 radical (unpaired) electrons. The van der Waals surface area contributed by atoms with Crippen LogP contribution < -0.4 is 5.32 Å². The van der Waals surface area contributed by atoms with Crippen LogP contribution in [0.4, 0.5) is 4.79 Å². The highest BCUT2D eigenvalue weighted by Crippen LogP contribution is 2.17. The van der Waals surface area contributed by atoms with E-state index in [-0.39, 0.29) is 12.1 Å². The molecule has 1 saturated heterocycles. The number of carbonyl (C=O) groups excluding carboxylic acids is 1. The number of amides is 2. The molecule has 0 saturated carbocycles. The monoisotopic (exact) mass is 338 g/mol. The zero-order valence-electron chi connectivity index (χ0n) is 15.0. The van der Waals surface area contributed by atoms with Crippen LogP contribution in [-0.2, 0) is 4.74 Å². The number of urea groups is 1. The van der Waals surface area contributed by atoms with Gasteiger partial charge in [0.25, 0.3) is 0 Å². The molecule has 1 atom stereocenters. The Labute approximate surface area is 144 Å². The molecule has 0 spiro atoms. The second-order valence-electron chi connectivity index (χ2n) is 6.36. The molecular formula is C17H30N4O3. The van der Waals surface area contributed by atoms with Gasteiger partial charge in [0.2, 0.25) is 0 Å². The summed E-state index contributed by atoms with van der Waals surface area (Å²) in [6.45, 7) is 5.65. The predicted molar refractivity (Wildman–Crippen MR) is 93.0 cm³/mol. The Morgan fingerprint density at radius 3 is 2.88 bits per heavy atom. The summed E-state index contributed by atoms with van der Waals surface area (Å²) < 4.78 is 10.6. The molecule has 0 aromatic carbocycles. The first-order valence-corrected chi connectivity index (χ1v) is 8.55. The zero-order valence-corrected chi connectivity index (χ0v) is 15.0. The molecule has 0 aliphatic carbocycles. The van der Waals surface area contributed by atoms with E-state index in [4.69, 9.17) is 9.15 Å². The summed E-state index contributed by atoms with van der Waals surface area (Å²) in [6, 6.07) is 3.85. The first-order chi connectivity index (χ1) is 11.6. The van der Waals surface area contributed by atoms with E-state index < -0.39 is 0 Å². The first kappa shape index (κ1) is 18.8. The summed E-state index contributed by atoms with van der Waals surface area (Å²) in [5.74, 6) is 0.863. The topological polar surface area (TPSA) is 61.2 Å². The van der Waals surface area contributed by atoms with Crippen molar-refractivity contribution in [1.82, 2.24) is 20.0 Å². The number of nitrogens with one attached hydrogen (secondary N) is 1. The summed E-state index contributed by atoms with van der Waals surface area (Å²) in [6.07, 6.45) is 2.66. The van der Waals surface area contributed by atoms with Crippen LogP contribution in [0.1, 0.15) is 18.2 Å². The Bertz CT molecular complexity index is 478. The molecular weight excluding hydrogens is 308 g/mol. The SMILES string of the molecule is COCCN1CCCN(C(=O)NCC(c2ccco2)N(C)C)CC1. The Morgan fingerprint density at radius 1 is 1.38 bits per heavy atom. The lowest BCUT2D eigenvalue weighted by Gasteiger charge is -2.26. The van der Waals surface area contributed by atoms with E-state index in [1.807, 2.05) is 36.0 Å². The van der Waals surface area contributed by atoms with Crippen LogP contribution in [0.5, 0.6) is 0 Å². The van der Waals surface area contributed by atoms with Gasteiger partial charge in [-0.15, -0.1) is 0 Å². The number of furan rings is 1. The number of hydrogen-bond acceptors (Lipinski definition) is 5. The van der Waals surface area contributed by atoms with E-state index >= 15 is 0 Å². The lowest BCUT2D eigenvalue weighted by atomic mass is 10.2. The molecule has 2 heterocycles. The normalized spacial score (nSPS) is 17.8. The van der Waals surface area contributed by atoms with Gasteiger partial charge in [-0.3, -0.25) is 9.80 Å². The van der Waals surface area contributed by atoms with Crippen molar-refractivity contribution >= 4 is 6.03 Å². The van der Waals surface area contributed by atoms with Crippen LogP contribution in [-0.4, -0.2) is 87.8 Å². The van der Waals surface area contributed by atoms with Crippen LogP contribution in [0, 0.1) is 0 Å². The van der Waals surface area contributed by atoms with Crippen molar-refractivity contribution in [3.63, 3.8) is 0 Å². The molecule has 0 bridgehead atoms. The second-order valence-corrected chi connectivity index (χ2v) is 6.36. The van der Waals surface area contributed by atoms with Gasteiger partial charge < -0.3 is 19.4 Å². The minimum atomic E-state index is 0.00185. The number of nitrogens with zero attached hydrogens (tertiary/aromatic N) is 3. The minimum Gasteiger partial charge on any atom is -0.468 e. The van der Waals surface area contributed by atoms with Crippen LogP contribution in [0.2, 0.25) is 0 Å². The number of rotatable bonds is 7. The van der Waals surface area contributed by atoms with Crippen molar-refractivity contribution in [1.29, 1.82) is 0 Å². The van der Waals surface area contributed by atoms with Gasteiger partial charge in [0.1, 0.15) is 5.76 Å². The second kappa shape index (κ2) is 9.66. The highest BCUT2D eigenvalue weighted by atomic mass is 16.5. The summed E-state index contributed by atoms with van der Waals surface area (Å²) in [5, 5.41) is 3.05. The summed E-state index contributed by atoms with van der Waals surface area (Å²) in [7, 11) is 5.69. The molecule has 7 heteroatoms. The van der Waals surface area contributed by atoms with E-state index in [1.165, 1.54) is 0 Å². The van der Waals surface area contributed by atoms with Crippen molar-refractivity contribution in [2.24, 2.45) is 0 Å². The molecule has 24 heavy (non-hydrogen) atoms. The third-order valence-corrected chi connectivity index (χ3v) is 4.43. The van der Waals surface area contributed by atoms with E-state index in [2.05, 4.69) is 10.2 Å². The number of hydrogen-bond donors (Lipinski definition) is 1. The lowest BCUT2D eigenvalue weighted by Crippen LogP contribution is -2.44. The highest BCUT2D eigenvalue weighted by Gasteiger charge is 2.22. The summed E-state index contributed by atoms with van der Waals surface area (Å²) >= 11 is 0. The Morgan fingerprint density at radius 2 is 2.21 bits per heavy atom. The molecule has 2 amide bonds. The molecule has 1 unspecified atom stereocenters. The molecule has 7 nitrogen and oxygen atoms in total. The maximum Gasteiger partial charge on any atom is 0.317 e. The van der Waals surface area contributed by atoms with Crippen molar-refractivity contribution in [3.05, 3.63) is 24.2 Å². The smallest absolute Gasteiger partial charge is 0.317 e. The summed E-state index contributed by atoms with van der Waals surface area (Å²) in [4.78, 5) is 18.8. The molecule has 1 N–H and O–H groups in total. The molecule has 1 aliphatic heterocycles. The standard InChI is InChI=1S/C17H30N4O3/c1-19(2)15(16-6-4-12-24-16)14-18-17(22)21-8-5-7-20(9-10-21)11-13-23-3/h4,6,12,15H,5,7-11,13-14H2,1-3H3,(H,18,22). The van der Waals surface area contributed by atoms with Gasteiger partial charge in [-0.25, -0.2) is 4.79 Å². The maximum absolute atomic E-state index is 12.5. The number of likely N-dealkylation sites (N-methyl/N-ethyl adjacent to an activating group) is 1. The lowest BCUT2D eigenvalue weighted by molar-refractivity contribution is 0.149. The maximum atomic E-state index is 12.5. The predicted octanol–water partition coefficient (Wildman–Crippen LogP) is 1.25. The van der Waals surface area contributed by atoms with Gasteiger partial charge in [-0.2, -0.15) is 0 Å².